The number of furan rings is 1. The molecular weight excluding hydrogens is 375 g/mol. The van der Waals surface area contributed by atoms with Crippen molar-refractivity contribution in [3.8, 4) is 23.3 Å². The summed E-state index contributed by atoms with van der Waals surface area (Å²) >= 11 is 0. The number of carbonyl (C=O) groups is 1. The van der Waals surface area contributed by atoms with Crippen LogP contribution in [-0.2, 0) is 0 Å². The number of aromatic nitrogens is 3. The summed E-state index contributed by atoms with van der Waals surface area (Å²) < 4.78 is 26.3. The van der Waals surface area contributed by atoms with Gasteiger partial charge in [0.25, 0.3) is 5.91 Å². The summed E-state index contributed by atoms with van der Waals surface area (Å²) in [5, 5.41) is 7.07. The summed E-state index contributed by atoms with van der Waals surface area (Å²) in [4.78, 5) is 16.8. The van der Waals surface area contributed by atoms with Gasteiger partial charge in [0.15, 0.2) is 5.76 Å². The first kappa shape index (κ1) is 18.4. The molecule has 7 nitrogen and oxygen atoms in total. The molecule has 0 spiro atoms. The quantitative estimate of drug-likeness (QED) is 0.529. The zero-order valence-electron chi connectivity index (χ0n) is 15.5. The molecule has 0 fully saturated rings. The van der Waals surface area contributed by atoms with Gasteiger partial charge in [-0.05, 0) is 49.4 Å². The molecular formula is C21H17FN4O3. The zero-order chi connectivity index (χ0) is 20.2. The molecule has 4 rings (SSSR count). The summed E-state index contributed by atoms with van der Waals surface area (Å²) in [6.07, 6.45) is 1.54. The van der Waals surface area contributed by atoms with E-state index in [-0.39, 0.29) is 11.6 Å². The van der Waals surface area contributed by atoms with Gasteiger partial charge in [0.1, 0.15) is 5.82 Å². The van der Waals surface area contributed by atoms with Crippen LogP contribution < -0.4 is 10.1 Å². The van der Waals surface area contributed by atoms with Gasteiger partial charge in [0.05, 0.1) is 24.1 Å². The van der Waals surface area contributed by atoms with Crippen LogP contribution in [0.4, 0.5) is 10.1 Å². The average Bonchev–Trinajstić information content (AvgIpc) is 3.38. The fourth-order valence-electron chi connectivity index (χ4n) is 2.79. The minimum atomic E-state index is -0.584. The Labute approximate surface area is 165 Å². The Bertz CT molecular complexity index is 1140. The number of carbonyl (C=O) groups excluding carboxylic acids is 1. The van der Waals surface area contributed by atoms with Crippen molar-refractivity contribution in [2.24, 2.45) is 0 Å². The molecule has 0 radical (unpaired) electrons. The molecule has 1 N–H and O–H groups in total. The second-order valence-electron chi connectivity index (χ2n) is 6.02. The van der Waals surface area contributed by atoms with Gasteiger partial charge in [-0.3, -0.25) is 4.79 Å². The highest BCUT2D eigenvalue weighted by molar-refractivity contribution is 6.04. The van der Waals surface area contributed by atoms with E-state index in [1.165, 1.54) is 18.2 Å². The molecule has 0 aliphatic rings. The molecule has 8 heteroatoms. The number of nitrogens with one attached hydrogen (secondary N) is 1. The van der Waals surface area contributed by atoms with Crippen molar-refractivity contribution < 1.29 is 18.3 Å². The van der Waals surface area contributed by atoms with Crippen LogP contribution in [0.1, 0.15) is 17.3 Å². The molecule has 0 unspecified atom stereocenters. The number of hydrogen-bond donors (Lipinski definition) is 1. The molecule has 2 aromatic heterocycles. The van der Waals surface area contributed by atoms with Crippen molar-refractivity contribution in [2.45, 2.75) is 6.92 Å². The molecule has 146 valence electrons. The standard InChI is InChI=1S/C21H17FN4O3/c1-2-28-21-24-19(18-11-6-12-29-18)26(25-21)15-8-5-7-14(13-15)23-20(27)16-9-3-4-10-17(16)22/h3-13H,2H2,1H3,(H,23,27). The largest absolute Gasteiger partial charge is 0.463 e. The van der Waals surface area contributed by atoms with Gasteiger partial charge < -0.3 is 14.5 Å². The monoisotopic (exact) mass is 392 g/mol. The molecule has 2 aromatic carbocycles. The highest BCUT2D eigenvalue weighted by atomic mass is 19.1. The normalized spacial score (nSPS) is 10.7. The molecule has 0 aliphatic carbocycles. The first-order chi connectivity index (χ1) is 14.2. The average molecular weight is 392 g/mol. The molecule has 0 bridgehead atoms. The lowest BCUT2D eigenvalue weighted by Gasteiger charge is -2.09. The van der Waals surface area contributed by atoms with E-state index < -0.39 is 11.7 Å². The van der Waals surface area contributed by atoms with Gasteiger partial charge in [-0.2, -0.15) is 4.98 Å². The van der Waals surface area contributed by atoms with E-state index in [0.717, 1.165) is 0 Å². The Kier molecular flexibility index (Phi) is 5.07. The smallest absolute Gasteiger partial charge is 0.336 e. The lowest BCUT2D eigenvalue weighted by Crippen LogP contribution is -2.14. The molecule has 0 saturated carbocycles. The van der Waals surface area contributed by atoms with Crippen molar-refractivity contribution in [2.75, 3.05) is 11.9 Å². The molecule has 0 aliphatic heterocycles. The maximum atomic E-state index is 13.9. The van der Waals surface area contributed by atoms with Gasteiger partial charge >= 0.3 is 6.01 Å². The van der Waals surface area contributed by atoms with Crippen LogP contribution in [0.2, 0.25) is 0 Å². The highest BCUT2D eigenvalue weighted by Crippen LogP contribution is 2.25. The summed E-state index contributed by atoms with van der Waals surface area (Å²) in [7, 11) is 0. The van der Waals surface area contributed by atoms with Crippen LogP contribution in [0.25, 0.3) is 17.3 Å². The van der Waals surface area contributed by atoms with E-state index >= 15 is 0 Å². The van der Waals surface area contributed by atoms with Crippen LogP contribution in [-0.4, -0.2) is 27.3 Å². The number of anilines is 1. The second-order valence-corrected chi connectivity index (χ2v) is 6.02. The predicted molar refractivity (Wildman–Crippen MR) is 105 cm³/mol. The highest BCUT2D eigenvalue weighted by Gasteiger charge is 2.17. The third-order valence-electron chi connectivity index (χ3n) is 4.07. The summed E-state index contributed by atoms with van der Waals surface area (Å²) in [5.41, 5.74) is 1.07. The van der Waals surface area contributed by atoms with Crippen molar-refractivity contribution in [3.05, 3.63) is 78.3 Å². The Morgan fingerprint density at radius 3 is 2.79 bits per heavy atom. The minimum Gasteiger partial charge on any atom is -0.463 e. The number of nitrogens with zero attached hydrogens (tertiary/aromatic N) is 3. The first-order valence-electron chi connectivity index (χ1n) is 8.95. The zero-order valence-corrected chi connectivity index (χ0v) is 15.5. The molecule has 0 saturated heterocycles. The van der Waals surface area contributed by atoms with Crippen LogP contribution in [0.15, 0.2) is 71.3 Å². The van der Waals surface area contributed by atoms with Crippen LogP contribution >= 0.6 is 0 Å². The topological polar surface area (TPSA) is 82.2 Å². The Morgan fingerprint density at radius 2 is 2.03 bits per heavy atom. The molecule has 2 heterocycles. The van der Waals surface area contributed by atoms with Crippen LogP contribution in [0.5, 0.6) is 6.01 Å². The van der Waals surface area contributed by atoms with Gasteiger partial charge in [-0.1, -0.05) is 18.2 Å². The maximum absolute atomic E-state index is 13.9. The van der Waals surface area contributed by atoms with Crippen molar-refractivity contribution in [1.29, 1.82) is 0 Å². The Morgan fingerprint density at radius 1 is 1.17 bits per heavy atom. The van der Waals surface area contributed by atoms with Gasteiger partial charge in [0, 0.05) is 5.69 Å². The summed E-state index contributed by atoms with van der Waals surface area (Å²) in [5.74, 6) is -0.153. The fraction of sp³-hybridized carbons (Fsp3) is 0.0952. The molecule has 4 aromatic rings. The molecule has 1 amide bonds. The summed E-state index contributed by atoms with van der Waals surface area (Å²) in [6.45, 7) is 2.26. The number of ether oxygens (including phenoxy) is 1. The van der Waals surface area contributed by atoms with Crippen molar-refractivity contribution in [1.82, 2.24) is 14.8 Å². The third kappa shape index (κ3) is 3.86. The number of amides is 1. The SMILES string of the molecule is CCOc1nc(-c2ccco2)n(-c2cccc(NC(=O)c3ccccc3F)c2)n1. The molecule has 29 heavy (non-hydrogen) atoms. The Hall–Kier alpha value is -3.94. The van der Waals surface area contributed by atoms with E-state index in [1.807, 2.05) is 6.92 Å². The third-order valence-corrected chi connectivity index (χ3v) is 4.07. The number of hydrogen-bond acceptors (Lipinski definition) is 5. The number of rotatable bonds is 6. The van der Waals surface area contributed by atoms with E-state index in [0.29, 0.717) is 29.6 Å². The fourth-order valence-corrected chi connectivity index (χ4v) is 2.79. The number of halogens is 1. The maximum Gasteiger partial charge on any atom is 0.336 e. The van der Waals surface area contributed by atoms with Gasteiger partial charge in [-0.15, -0.1) is 5.10 Å². The lowest BCUT2D eigenvalue weighted by atomic mass is 10.2. The van der Waals surface area contributed by atoms with Crippen molar-refractivity contribution >= 4 is 11.6 Å². The van der Waals surface area contributed by atoms with E-state index in [4.69, 9.17) is 9.15 Å². The van der Waals surface area contributed by atoms with Gasteiger partial charge in [-0.25, -0.2) is 9.07 Å². The second kappa shape index (κ2) is 7.97. The van der Waals surface area contributed by atoms with Gasteiger partial charge in [0.2, 0.25) is 5.82 Å². The van der Waals surface area contributed by atoms with Crippen molar-refractivity contribution in [3.63, 3.8) is 0 Å². The first-order valence-corrected chi connectivity index (χ1v) is 8.95. The van der Waals surface area contributed by atoms with E-state index in [1.54, 1.807) is 53.4 Å². The van der Waals surface area contributed by atoms with E-state index in [9.17, 15) is 9.18 Å². The summed E-state index contributed by atoms with van der Waals surface area (Å²) in [6, 6.07) is 16.5. The minimum absolute atomic E-state index is 0.0337. The Balaban J connectivity index is 1.67. The lowest BCUT2D eigenvalue weighted by molar-refractivity contribution is 0.102. The van der Waals surface area contributed by atoms with E-state index in [2.05, 4.69) is 15.4 Å². The van der Waals surface area contributed by atoms with Crippen LogP contribution in [0.3, 0.4) is 0 Å². The predicted octanol–water partition coefficient (Wildman–Crippen LogP) is 4.32. The van der Waals surface area contributed by atoms with Crippen LogP contribution in [0, 0.1) is 5.82 Å². The molecule has 0 atom stereocenters. The number of benzene rings is 2.